The number of anilines is 2. The van der Waals surface area contributed by atoms with Gasteiger partial charge in [0.1, 0.15) is 0 Å². The fourth-order valence-electron chi connectivity index (χ4n) is 3.43. The van der Waals surface area contributed by atoms with Crippen molar-refractivity contribution in [3.8, 4) is 0 Å². The number of nitrogens with zero attached hydrogens (tertiary/aromatic N) is 1. The number of urea groups is 1. The Morgan fingerprint density at radius 2 is 1.53 bits per heavy atom. The first-order valence-corrected chi connectivity index (χ1v) is 10.7. The second-order valence-electron chi connectivity index (χ2n) is 7.98. The van der Waals surface area contributed by atoms with Crippen LogP contribution in [0.25, 0.3) is 0 Å². The van der Waals surface area contributed by atoms with Gasteiger partial charge in [0.2, 0.25) is 5.91 Å². The van der Waals surface area contributed by atoms with E-state index < -0.39 is 29.5 Å². The summed E-state index contributed by atoms with van der Waals surface area (Å²) in [5.74, 6) is -0.144. The van der Waals surface area contributed by atoms with Crippen LogP contribution >= 0.6 is 0 Å². The molecule has 1 fully saturated rings. The Morgan fingerprint density at radius 3 is 2.12 bits per heavy atom. The molecule has 2 aromatic carbocycles. The number of hydrogen-bond donors (Lipinski definition) is 2. The van der Waals surface area contributed by atoms with Gasteiger partial charge in [0, 0.05) is 30.4 Å². The largest absolute Gasteiger partial charge is 0.416 e. The van der Waals surface area contributed by atoms with Crippen molar-refractivity contribution in [2.45, 2.75) is 38.0 Å². The topological polar surface area (TPSA) is 61.4 Å². The van der Waals surface area contributed by atoms with Crippen LogP contribution in [-0.4, -0.2) is 25.0 Å². The SMILES string of the molecule is O=C(NCCCN(C(=O)Nc1cccc(C(F)(F)F)c1)c1cccc(C(F)(F)F)c1)C1CCC1. The highest BCUT2D eigenvalue weighted by Crippen LogP contribution is 2.33. The van der Waals surface area contributed by atoms with Gasteiger partial charge in [-0.05, 0) is 55.7 Å². The minimum atomic E-state index is -4.64. The van der Waals surface area contributed by atoms with E-state index >= 15 is 0 Å². The maximum Gasteiger partial charge on any atom is 0.416 e. The highest BCUT2D eigenvalue weighted by Gasteiger charge is 2.32. The van der Waals surface area contributed by atoms with Crippen molar-refractivity contribution in [2.24, 2.45) is 5.92 Å². The summed E-state index contributed by atoms with van der Waals surface area (Å²) in [5.41, 5.74) is -2.19. The van der Waals surface area contributed by atoms with Crippen molar-refractivity contribution >= 4 is 23.3 Å². The molecule has 0 radical (unpaired) electrons. The van der Waals surface area contributed by atoms with Crippen LogP contribution in [0.4, 0.5) is 42.5 Å². The number of benzene rings is 2. The lowest BCUT2D eigenvalue weighted by Gasteiger charge is -2.26. The lowest BCUT2D eigenvalue weighted by Crippen LogP contribution is -2.39. The van der Waals surface area contributed by atoms with Crippen LogP contribution in [0.15, 0.2) is 48.5 Å². The van der Waals surface area contributed by atoms with Crippen molar-refractivity contribution in [1.29, 1.82) is 0 Å². The molecule has 0 aliphatic heterocycles. The van der Waals surface area contributed by atoms with Gasteiger partial charge >= 0.3 is 18.4 Å². The van der Waals surface area contributed by atoms with E-state index in [1.54, 1.807) is 0 Å². The van der Waals surface area contributed by atoms with Gasteiger partial charge in [0.25, 0.3) is 0 Å². The summed E-state index contributed by atoms with van der Waals surface area (Å²) in [4.78, 5) is 25.9. The highest BCUT2D eigenvalue weighted by molar-refractivity contribution is 6.01. The van der Waals surface area contributed by atoms with Gasteiger partial charge in [-0.1, -0.05) is 18.6 Å². The maximum atomic E-state index is 13.2. The normalized spacial score (nSPS) is 14.3. The first-order chi connectivity index (χ1) is 15.9. The Bertz CT molecular complexity index is 1020. The molecule has 1 saturated carbocycles. The van der Waals surface area contributed by atoms with Crippen LogP contribution in [0.5, 0.6) is 0 Å². The number of carbonyl (C=O) groups is 2. The van der Waals surface area contributed by atoms with Gasteiger partial charge < -0.3 is 10.6 Å². The van der Waals surface area contributed by atoms with E-state index in [9.17, 15) is 35.9 Å². The number of hydrogen-bond acceptors (Lipinski definition) is 2. The first kappa shape index (κ1) is 25.4. The Kier molecular flexibility index (Phi) is 7.73. The molecule has 2 aromatic rings. The van der Waals surface area contributed by atoms with Crippen LogP contribution in [-0.2, 0) is 17.1 Å². The molecule has 5 nitrogen and oxygen atoms in total. The zero-order chi connectivity index (χ0) is 24.9. The smallest absolute Gasteiger partial charge is 0.356 e. The molecular formula is C23H23F6N3O2. The summed E-state index contributed by atoms with van der Waals surface area (Å²) in [6.07, 6.45) is -6.44. The molecule has 3 rings (SSSR count). The number of alkyl halides is 6. The number of carbonyl (C=O) groups excluding carboxylic acids is 2. The lowest BCUT2D eigenvalue weighted by atomic mass is 9.85. The molecule has 0 bridgehead atoms. The van der Waals surface area contributed by atoms with Crippen molar-refractivity contribution in [3.05, 3.63) is 59.7 Å². The van der Waals surface area contributed by atoms with Gasteiger partial charge in [-0.2, -0.15) is 26.3 Å². The lowest BCUT2D eigenvalue weighted by molar-refractivity contribution is -0.138. The molecule has 0 saturated heterocycles. The standard InChI is InChI=1S/C23H23F6N3O2/c24-22(25,26)16-7-2-9-18(13-16)31-21(34)32(12-4-11-30-20(33)15-5-1-6-15)19-10-3-8-17(14-19)23(27,28)29/h2-3,7-10,13-15H,1,4-6,11-12H2,(H,30,33)(H,31,34). The van der Waals surface area contributed by atoms with Crippen molar-refractivity contribution in [1.82, 2.24) is 5.32 Å². The third-order valence-corrected chi connectivity index (χ3v) is 5.51. The van der Waals surface area contributed by atoms with E-state index in [1.807, 2.05) is 0 Å². The summed E-state index contributed by atoms with van der Waals surface area (Å²) < 4.78 is 78.5. The van der Waals surface area contributed by atoms with Gasteiger partial charge in [-0.15, -0.1) is 0 Å². The predicted molar refractivity (Wildman–Crippen MR) is 114 cm³/mol. The molecule has 0 heterocycles. The summed E-state index contributed by atoms with van der Waals surface area (Å²) in [6, 6.07) is 7.12. The number of nitrogens with one attached hydrogen (secondary N) is 2. The molecular weight excluding hydrogens is 464 g/mol. The molecule has 184 valence electrons. The fraction of sp³-hybridized carbons (Fsp3) is 0.391. The zero-order valence-corrected chi connectivity index (χ0v) is 18.0. The van der Waals surface area contributed by atoms with E-state index in [0.29, 0.717) is 0 Å². The van der Waals surface area contributed by atoms with E-state index in [0.717, 1.165) is 60.6 Å². The Hall–Kier alpha value is -3.24. The van der Waals surface area contributed by atoms with Gasteiger partial charge in [0.15, 0.2) is 0 Å². The predicted octanol–water partition coefficient (Wildman–Crippen LogP) is 6.07. The Balaban J connectivity index is 1.75. The molecule has 1 aliphatic carbocycles. The molecule has 34 heavy (non-hydrogen) atoms. The maximum absolute atomic E-state index is 13.2. The van der Waals surface area contributed by atoms with Crippen LogP contribution < -0.4 is 15.5 Å². The van der Waals surface area contributed by atoms with Gasteiger partial charge in [-0.25, -0.2) is 4.79 Å². The average molecular weight is 487 g/mol. The van der Waals surface area contributed by atoms with E-state index in [-0.39, 0.29) is 42.7 Å². The average Bonchev–Trinajstić information content (AvgIpc) is 2.71. The minimum Gasteiger partial charge on any atom is -0.356 e. The number of halogens is 6. The first-order valence-electron chi connectivity index (χ1n) is 10.7. The molecule has 3 amide bonds. The molecule has 2 N–H and O–H groups in total. The summed E-state index contributed by atoms with van der Waals surface area (Å²) in [7, 11) is 0. The highest BCUT2D eigenvalue weighted by atomic mass is 19.4. The third kappa shape index (κ3) is 6.64. The monoisotopic (exact) mass is 487 g/mol. The molecule has 0 atom stereocenters. The Labute approximate surface area is 192 Å². The summed E-state index contributed by atoms with van der Waals surface area (Å²) >= 11 is 0. The van der Waals surface area contributed by atoms with Crippen LogP contribution in [0.3, 0.4) is 0 Å². The zero-order valence-electron chi connectivity index (χ0n) is 18.0. The van der Waals surface area contributed by atoms with Crippen molar-refractivity contribution in [2.75, 3.05) is 23.3 Å². The molecule has 0 spiro atoms. The Morgan fingerprint density at radius 1 is 0.912 bits per heavy atom. The quantitative estimate of drug-likeness (QED) is 0.368. The summed E-state index contributed by atoms with van der Waals surface area (Å²) in [6.45, 7) is 0.124. The van der Waals surface area contributed by atoms with Crippen molar-refractivity contribution in [3.63, 3.8) is 0 Å². The number of rotatable bonds is 7. The van der Waals surface area contributed by atoms with Crippen LogP contribution in [0, 0.1) is 5.92 Å². The van der Waals surface area contributed by atoms with E-state index in [1.165, 1.54) is 12.1 Å². The molecule has 11 heteroatoms. The van der Waals surface area contributed by atoms with E-state index in [2.05, 4.69) is 10.6 Å². The second kappa shape index (κ2) is 10.4. The second-order valence-corrected chi connectivity index (χ2v) is 7.98. The van der Waals surface area contributed by atoms with Crippen molar-refractivity contribution < 1.29 is 35.9 Å². The molecule has 1 aliphatic rings. The minimum absolute atomic E-state index is 0.0382. The van der Waals surface area contributed by atoms with Gasteiger partial charge in [-0.3, -0.25) is 9.69 Å². The van der Waals surface area contributed by atoms with Gasteiger partial charge in [0.05, 0.1) is 11.1 Å². The fourth-order valence-corrected chi connectivity index (χ4v) is 3.43. The van der Waals surface area contributed by atoms with Crippen LogP contribution in [0.1, 0.15) is 36.8 Å². The third-order valence-electron chi connectivity index (χ3n) is 5.51. The summed E-state index contributed by atoms with van der Waals surface area (Å²) in [5, 5.41) is 5.05. The van der Waals surface area contributed by atoms with E-state index in [4.69, 9.17) is 0 Å². The number of amides is 3. The molecule has 0 unspecified atom stereocenters. The van der Waals surface area contributed by atoms with Crippen LogP contribution in [0.2, 0.25) is 0 Å². The molecule has 0 aromatic heterocycles.